The summed E-state index contributed by atoms with van der Waals surface area (Å²) in [6.45, 7) is 10.1. The second-order valence-corrected chi connectivity index (χ2v) is 6.65. The molecule has 1 unspecified atom stereocenters. The summed E-state index contributed by atoms with van der Waals surface area (Å²) in [4.78, 5) is 4.63. The molecule has 0 spiro atoms. The van der Waals surface area contributed by atoms with Crippen LogP contribution >= 0.6 is 0 Å². The molecule has 0 rings (SSSR count). The van der Waals surface area contributed by atoms with E-state index < -0.39 is 0 Å². The van der Waals surface area contributed by atoms with Crippen molar-refractivity contribution in [3.8, 4) is 0 Å². The molecule has 20 heavy (non-hydrogen) atoms. The van der Waals surface area contributed by atoms with E-state index in [0.29, 0.717) is 6.04 Å². The minimum absolute atomic E-state index is 0.0986. The predicted octanol–water partition coefficient (Wildman–Crippen LogP) is 1.79. The molecule has 2 N–H and O–H groups in total. The maximum Gasteiger partial charge on any atom is 0.0613 e. The van der Waals surface area contributed by atoms with Crippen LogP contribution in [0.4, 0.5) is 0 Å². The van der Waals surface area contributed by atoms with Gasteiger partial charge in [-0.1, -0.05) is 20.8 Å². The second-order valence-electron chi connectivity index (χ2n) is 6.65. The van der Waals surface area contributed by atoms with E-state index in [1.54, 1.807) is 0 Å². The number of nitrogens with one attached hydrogen (secondary N) is 1. The molecule has 0 fully saturated rings. The Morgan fingerprint density at radius 1 is 1.05 bits per heavy atom. The summed E-state index contributed by atoms with van der Waals surface area (Å²) in [5.41, 5.74) is -0.0986. The Bertz CT molecular complexity index is 228. The van der Waals surface area contributed by atoms with Crippen LogP contribution in [0, 0.1) is 0 Å². The van der Waals surface area contributed by atoms with Crippen molar-refractivity contribution < 1.29 is 5.11 Å². The van der Waals surface area contributed by atoms with Gasteiger partial charge in [0.25, 0.3) is 0 Å². The number of aliphatic hydroxyl groups excluding tert-OH is 1. The van der Waals surface area contributed by atoms with Gasteiger partial charge < -0.3 is 20.2 Å². The van der Waals surface area contributed by atoms with Gasteiger partial charge in [-0.2, -0.15) is 0 Å². The lowest BCUT2D eigenvalue weighted by Crippen LogP contribution is -2.51. The molecule has 0 heterocycles. The monoisotopic (exact) mass is 287 g/mol. The first kappa shape index (κ1) is 19.8. The van der Waals surface area contributed by atoms with Gasteiger partial charge in [-0.15, -0.1) is 0 Å². The Balaban J connectivity index is 3.98. The van der Waals surface area contributed by atoms with E-state index in [2.05, 4.69) is 57.0 Å². The average molecular weight is 287 g/mol. The largest absolute Gasteiger partial charge is 0.394 e. The van der Waals surface area contributed by atoms with Gasteiger partial charge in [0, 0.05) is 11.6 Å². The van der Waals surface area contributed by atoms with Crippen LogP contribution in [0.3, 0.4) is 0 Å². The normalized spacial score (nSPS) is 15.3. The molecule has 0 saturated heterocycles. The fourth-order valence-electron chi connectivity index (χ4n) is 2.66. The first-order valence-corrected chi connectivity index (χ1v) is 8.07. The zero-order valence-corrected chi connectivity index (χ0v) is 14.6. The Labute approximate surface area is 126 Å². The topological polar surface area (TPSA) is 38.7 Å². The minimum atomic E-state index is -0.0986. The highest BCUT2D eigenvalue weighted by Gasteiger charge is 2.27. The van der Waals surface area contributed by atoms with Crippen molar-refractivity contribution in [1.29, 1.82) is 0 Å². The fraction of sp³-hybridized carbons (Fsp3) is 1.00. The zero-order chi connectivity index (χ0) is 15.6. The maximum atomic E-state index is 9.71. The van der Waals surface area contributed by atoms with Crippen molar-refractivity contribution >= 4 is 0 Å². The molecule has 0 saturated carbocycles. The van der Waals surface area contributed by atoms with E-state index in [1.165, 1.54) is 6.42 Å². The Morgan fingerprint density at radius 2 is 1.65 bits per heavy atom. The SMILES string of the molecule is CCC(CO)(CCCN(C)CCCN(C)C)NC(C)C. The molecule has 4 nitrogen and oxygen atoms in total. The molecule has 4 heteroatoms. The van der Waals surface area contributed by atoms with Crippen LogP contribution in [0.5, 0.6) is 0 Å². The van der Waals surface area contributed by atoms with Gasteiger partial charge in [0.15, 0.2) is 0 Å². The van der Waals surface area contributed by atoms with Gasteiger partial charge in [0.1, 0.15) is 0 Å². The van der Waals surface area contributed by atoms with Crippen molar-refractivity contribution in [2.24, 2.45) is 0 Å². The summed E-state index contributed by atoms with van der Waals surface area (Å²) in [6.07, 6.45) is 4.36. The van der Waals surface area contributed by atoms with E-state index in [0.717, 1.165) is 38.9 Å². The van der Waals surface area contributed by atoms with Gasteiger partial charge in [0.05, 0.1) is 6.61 Å². The summed E-state index contributed by atoms with van der Waals surface area (Å²) >= 11 is 0. The first-order valence-electron chi connectivity index (χ1n) is 8.07. The third kappa shape index (κ3) is 8.90. The van der Waals surface area contributed by atoms with Crippen molar-refractivity contribution in [3.63, 3.8) is 0 Å². The van der Waals surface area contributed by atoms with E-state index in [4.69, 9.17) is 0 Å². The van der Waals surface area contributed by atoms with Crippen LogP contribution < -0.4 is 5.32 Å². The van der Waals surface area contributed by atoms with Crippen molar-refractivity contribution in [1.82, 2.24) is 15.1 Å². The van der Waals surface area contributed by atoms with Crippen LogP contribution in [-0.2, 0) is 0 Å². The Kier molecular flexibility index (Phi) is 10.5. The molecule has 0 bridgehead atoms. The molecule has 0 aromatic heterocycles. The molecule has 0 radical (unpaired) electrons. The van der Waals surface area contributed by atoms with Crippen LogP contribution in [0.25, 0.3) is 0 Å². The maximum absolute atomic E-state index is 9.71. The van der Waals surface area contributed by atoms with Crippen molar-refractivity contribution in [2.45, 2.75) is 58.0 Å². The number of hydrogen-bond acceptors (Lipinski definition) is 4. The van der Waals surface area contributed by atoms with Crippen molar-refractivity contribution in [2.75, 3.05) is 47.4 Å². The zero-order valence-electron chi connectivity index (χ0n) is 14.6. The average Bonchev–Trinajstić information content (AvgIpc) is 2.36. The Morgan fingerprint density at radius 3 is 2.10 bits per heavy atom. The number of hydrogen-bond donors (Lipinski definition) is 2. The lowest BCUT2D eigenvalue weighted by molar-refractivity contribution is 0.131. The number of rotatable bonds is 12. The quantitative estimate of drug-likeness (QED) is 0.574. The molecule has 122 valence electrons. The standard InChI is InChI=1S/C16H37N3O/c1-7-16(14-20,17-15(2)3)10-8-12-19(6)13-9-11-18(4)5/h15,17,20H,7-14H2,1-6H3. The number of aliphatic hydroxyl groups is 1. The van der Waals surface area contributed by atoms with Crippen LogP contribution in [-0.4, -0.2) is 73.9 Å². The highest BCUT2D eigenvalue weighted by atomic mass is 16.3. The summed E-state index contributed by atoms with van der Waals surface area (Å²) in [5.74, 6) is 0. The summed E-state index contributed by atoms with van der Waals surface area (Å²) in [5, 5.41) is 13.3. The molecule has 0 aromatic rings. The van der Waals surface area contributed by atoms with Crippen LogP contribution in [0.1, 0.15) is 46.5 Å². The summed E-state index contributed by atoms with van der Waals surface area (Å²) in [7, 11) is 6.43. The molecule has 0 aliphatic heterocycles. The third-order valence-electron chi connectivity index (χ3n) is 3.91. The lowest BCUT2D eigenvalue weighted by Gasteiger charge is -2.35. The third-order valence-corrected chi connectivity index (χ3v) is 3.91. The molecular weight excluding hydrogens is 250 g/mol. The van der Waals surface area contributed by atoms with Gasteiger partial charge >= 0.3 is 0 Å². The van der Waals surface area contributed by atoms with Gasteiger partial charge in [-0.05, 0) is 66.5 Å². The summed E-state index contributed by atoms with van der Waals surface area (Å²) < 4.78 is 0. The fourth-order valence-corrected chi connectivity index (χ4v) is 2.66. The molecule has 0 aromatic carbocycles. The van der Waals surface area contributed by atoms with Gasteiger partial charge in [0.2, 0.25) is 0 Å². The van der Waals surface area contributed by atoms with E-state index in [9.17, 15) is 5.11 Å². The molecule has 0 aliphatic carbocycles. The minimum Gasteiger partial charge on any atom is -0.394 e. The van der Waals surface area contributed by atoms with E-state index in [-0.39, 0.29) is 12.1 Å². The Hall–Kier alpha value is -0.160. The lowest BCUT2D eigenvalue weighted by atomic mass is 9.90. The highest BCUT2D eigenvalue weighted by molar-refractivity contribution is 4.87. The van der Waals surface area contributed by atoms with Crippen LogP contribution in [0.15, 0.2) is 0 Å². The van der Waals surface area contributed by atoms with Gasteiger partial charge in [-0.3, -0.25) is 0 Å². The second kappa shape index (κ2) is 10.6. The molecule has 1 atom stereocenters. The van der Waals surface area contributed by atoms with Crippen molar-refractivity contribution in [3.05, 3.63) is 0 Å². The highest BCUT2D eigenvalue weighted by Crippen LogP contribution is 2.18. The smallest absolute Gasteiger partial charge is 0.0613 e. The van der Waals surface area contributed by atoms with Crippen LogP contribution in [0.2, 0.25) is 0 Å². The number of nitrogens with zero attached hydrogens (tertiary/aromatic N) is 2. The predicted molar refractivity (Wildman–Crippen MR) is 88.3 cm³/mol. The van der Waals surface area contributed by atoms with E-state index >= 15 is 0 Å². The molecular formula is C16H37N3O. The molecule has 0 amide bonds. The summed E-state index contributed by atoms with van der Waals surface area (Å²) in [6, 6.07) is 0.417. The van der Waals surface area contributed by atoms with E-state index in [1.807, 2.05) is 0 Å². The first-order chi connectivity index (χ1) is 9.35. The van der Waals surface area contributed by atoms with Gasteiger partial charge in [-0.25, -0.2) is 0 Å². The molecule has 0 aliphatic rings.